The van der Waals surface area contributed by atoms with Crippen LogP contribution in [0.15, 0.2) is 133 Å². The number of para-hydroxylation sites is 2. The first-order valence-corrected chi connectivity index (χ1v) is 22.2. The van der Waals surface area contributed by atoms with Crippen LogP contribution in [0.2, 0.25) is 20.1 Å². The van der Waals surface area contributed by atoms with E-state index in [1.54, 1.807) is 36.4 Å². The fourth-order valence-corrected chi connectivity index (χ4v) is 9.56. The molecule has 0 amide bonds. The van der Waals surface area contributed by atoms with Gasteiger partial charge in [0.15, 0.2) is 0 Å². The van der Waals surface area contributed by atoms with Crippen LogP contribution in [0.5, 0.6) is 11.5 Å². The van der Waals surface area contributed by atoms with Crippen LogP contribution in [-0.2, 0) is 20.2 Å². The van der Waals surface area contributed by atoms with Crippen LogP contribution < -0.4 is 8.37 Å². The molecule has 0 unspecified atom stereocenters. The Morgan fingerprint density at radius 3 is 1.04 bits per heavy atom. The monoisotopic (exact) mass is 868 g/mol. The van der Waals surface area contributed by atoms with E-state index in [1.807, 2.05) is 125 Å². The molecule has 6 nitrogen and oxygen atoms in total. The molecule has 56 heavy (non-hydrogen) atoms. The van der Waals surface area contributed by atoms with E-state index >= 15 is 0 Å². The van der Waals surface area contributed by atoms with Gasteiger partial charge in [0.05, 0.1) is 31.6 Å². The minimum atomic E-state index is -3.87. The Bertz CT molecular complexity index is 2300. The van der Waals surface area contributed by atoms with Gasteiger partial charge in [-0.25, -0.2) is 0 Å². The predicted molar refractivity (Wildman–Crippen MR) is 230 cm³/mol. The Morgan fingerprint density at radius 2 is 0.732 bits per heavy atom. The first kappa shape index (κ1) is 43.1. The van der Waals surface area contributed by atoms with E-state index in [0.717, 1.165) is 44.5 Å². The molecule has 0 aromatic heterocycles. The average molecular weight is 871 g/mol. The molecule has 6 rings (SSSR count). The van der Waals surface area contributed by atoms with Crippen molar-refractivity contribution in [2.75, 3.05) is 11.5 Å². The summed E-state index contributed by atoms with van der Waals surface area (Å²) in [6.07, 6.45) is 0. The van der Waals surface area contributed by atoms with E-state index in [9.17, 15) is 16.8 Å². The zero-order chi connectivity index (χ0) is 40.6. The maximum atomic E-state index is 12.9. The fourth-order valence-electron chi connectivity index (χ4n) is 6.19. The minimum Gasteiger partial charge on any atom is -0.382 e. The van der Waals surface area contributed by atoms with Gasteiger partial charge >= 0.3 is 20.2 Å². The van der Waals surface area contributed by atoms with Gasteiger partial charge in [-0.1, -0.05) is 156 Å². The summed E-state index contributed by atoms with van der Waals surface area (Å²) in [6.45, 7) is 7.30. The average Bonchev–Trinajstić information content (AvgIpc) is 3.16. The van der Waals surface area contributed by atoms with Gasteiger partial charge in [-0.15, -0.1) is 0 Å². The largest absolute Gasteiger partial charge is 0.382 e. The van der Waals surface area contributed by atoms with E-state index in [2.05, 4.69) is 0 Å². The summed E-state index contributed by atoms with van der Waals surface area (Å²) in [6, 6.07) is 40.2. The predicted octanol–water partition coefficient (Wildman–Crippen LogP) is 12.3. The Morgan fingerprint density at radius 1 is 0.411 bits per heavy atom. The zero-order valence-corrected chi connectivity index (χ0v) is 35.7. The van der Waals surface area contributed by atoms with Gasteiger partial charge in [0.2, 0.25) is 0 Å². The Hall–Kier alpha value is -4.02. The van der Waals surface area contributed by atoms with E-state index in [1.165, 1.54) is 0 Å². The first-order chi connectivity index (χ1) is 26.5. The van der Waals surface area contributed by atoms with E-state index < -0.39 is 32.1 Å². The number of halogens is 4. The van der Waals surface area contributed by atoms with Crippen LogP contribution in [0.3, 0.4) is 0 Å². The van der Waals surface area contributed by atoms with Gasteiger partial charge in [-0.3, -0.25) is 0 Å². The molecule has 6 aromatic carbocycles. The van der Waals surface area contributed by atoms with Crippen molar-refractivity contribution in [2.45, 2.75) is 39.5 Å². The third-order valence-electron chi connectivity index (χ3n) is 9.08. The molecule has 12 heteroatoms. The molecule has 292 valence electrons. The van der Waals surface area contributed by atoms with Crippen molar-refractivity contribution in [1.29, 1.82) is 0 Å². The summed E-state index contributed by atoms with van der Waals surface area (Å²) >= 11 is 24.4. The van der Waals surface area contributed by atoms with Gasteiger partial charge in [0, 0.05) is 11.8 Å². The molecule has 0 saturated heterocycles. The van der Waals surface area contributed by atoms with Gasteiger partial charge < -0.3 is 8.37 Å². The molecule has 0 bridgehead atoms. The number of benzene rings is 6. The maximum Gasteiger partial charge on any atom is 0.310 e. The smallest absolute Gasteiger partial charge is 0.310 e. The molecule has 0 N–H and O–H groups in total. The molecule has 2 atom stereocenters. The molecular weight excluding hydrogens is 830 g/mol. The summed E-state index contributed by atoms with van der Waals surface area (Å²) in [5.74, 6) is -0.562. The lowest BCUT2D eigenvalue weighted by Crippen LogP contribution is -2.21. The van der Waals surface area contributed by atoms with Gasteiger partial charge in [-0.05, 0) is 96.5 Å². The third kappa shape index (κ3) is 11.5. The van der Waals surface area contributed by atoms with E-state index in [-0.39, 0.29) is 11.5 Å². The van der Waals surface area contributed by atoms with Crippen molar-refractivity contribution >= 4 is 66.6 Å². The quantitative estimate of drug-likeness (QED) is 0.114. The summed E-state index contributed by atoms with van der Waals surface area (Å²) in [5, 5.41) is 1.61. The normalized spacial score (nSPS) is 12.6. The van der Waals surface area contributed by atoms with Gasteiger partial charge in [0.1, 0.15) is 11.5 Å². The number of aryl methyl sites for hydroxylation is 4. The molecule has 0 aliphatic carbocycles. The lowest BCUT2D eigenvalue weighted by molar-refractivity contribution is 0.477. The minimum absolute atomic E-state index is 0.219. The standard InChI is InChI=1S/2C22H20Cl2O3S/c2*1-15-7-6-8-16(2)22(15)27-28(25,26)14-19(17-9-4-3-5-10-17)18-11-12-20(23)21(24)13-18/h2*3-13,19H,14H2,1-2H3/t2*19-/m11/s1. The van der Waals surface area contributed by atoms with Crippen LogP contribution in [-0.4, -0.2) is 28.3 Å². The Kier molecular flexibility index (Phi) is 14.6. The molecule has 0 saturated carbocycles. The highest BCUT2D eigenvalue weighted by Crippen LogP contribution is 2.35. The molecule has 0 aliphatic heterocycles. The summed E-state index contributed by atoms with van der Waals surface area (Å²) in [7, 11) is -7.75. The van der Waals surface area contributed by atoms with Crippen LogP contribution in [0, 0.1) is 27.7 Å². The van der Waals surface area contributed by atoms with Crippen molar-refractivity contribution < 1.29 is 25.2 Å². The first-order valence-electron chi connectivity index (χ1n) is 17.5. The second-order valence-corrected chi connectivity index (χ2v) is 18.2. The second-order valence-electron chi connectivity index (χ2n) is 13.3. The summed E-state index contributed by atoms with van der Waals surface area (Å²) in [5.41, 5.74) is 6.32. The Labute approximate surface area is 350 Å². The van der Waals surface area contributed by atoms with Gasteiger partial charge in [0.25, 0.3) is 0 Å². The molecule has 0 spiro atoms. The van der Waals surface area contributed by atoms with Gasteiger partial charge in [-0.2, -0.15) is 16.8 Å². The number of hydrogen-bond donors (Lipinski definition) is 0. The highest BCUT2D eigenvalue weighted by molar-refractivity contribution is 7.87. The zero-order valence-electron chi connectivity index (χ0n) is 31.0. The maximum absolute atomic E-state index is 12.9. The third-order valence-corrected chi connectivity index (χ3v) is 12.9. The summed E-state index contributed by atoms with van der Waals surface area (Å²) in [4.78, 5) is 0. The SMILES string of the molecule is Cc1cccc(C)c1OS(=O)(=O)C[C@H](c1ccccc1)c1ccc(Cl)c(Cl)c1.Cc1cccc(C)c1OS(=O)(=O)C[C@H](c1ccccc1)c1ccc(Cl)c(Cl)c1. The van der Waals surface area contributed by atoms with Crippen molar-refractivity contribution in [3.05, 3.63) is 198 Å². The number of rotatable bonds is 12. The van der Waals surface area contributed by atoms with Crippen molar-refractivity contribution in [2.24, 2.45) is 0 Å². The van der Waals surface area contributed by atoms with Crippen molar-refractivity contribution in [3.63, 3.8) is 0 Å². The second kappa shape index (κ2) is 18.9. The van der Waals surface area contributed by atoms with Crippen molar-refractivity contribution in [3.8, 4) is 11.5 Å². The molecule has 0 radical (unpaired) electrons. The highest BCUT2D eigenvalue weighted by atomic mass is 35.5. The highest BCUT2D eigenvalue weighted by Gasteiger charge is 2.27. The van der Waals surface area contributed by atoms with Crippen LogP contribution in [0.1, 0.15) is 56.3 Å². The molecule has 0 fully saturated rings. The summed E-state index contributed by atoms with van der Waals surface area (Å²) < 4.78 is 62.7. The van der Waals surface area contributed by atoms with Crippen LogP contribution in [0.25, 0.3) is 0 Å². The number of hydrogen-bond acceptors (Lipinski definition) is 6. The lowest BCUT2D eigenvalue weighted by Gasteiger charge is -2.20. The van der Waals surface area contributed by atoms with E-state index in [0.29, 0.717) is 31.6 Å². The topological polar surface area (TPSA) is 86.7 Å². The van der Waals surface area contributed by atoms with Crippen LogP contribution >= 0.6 is 46.4 Å². The fraction of sp³-hybridized carbons (Fsp3) is 0.182. The Balaban J connectivity index is 0.000000214. The van der Waals surface area contributed by atoms with Crippen LogP contribution in [0.4, 0.5) is 0 Å². The van der Waals surface area contributed by atoms with Crippen molar-refractivity contribution in [1.82, 2.24) is 0 Å². The van der Waals surface area contributed by atoms with E-state index in [4.69, 9.17) is 54.8 Å². The molecule has 6 aromatic rings. The molecule has 0 aliphatic rings. The molecule has 0 heterocycles. The molecular formula is C44H40Cl4O6S2. The lowest BCUT2D eigenvalue weighted by atomic mass is 9.93.